The molecule has 0 bridgehead atoms. The van der Waals surface area contributed by atoms with Gasteiger partial charge in [-0.1, -0.05) is 30.3 Å². The van der Waals surface area contributed by atoms with Gasteiger partial charge >= 0.3 is 0 Å². The molecule has 0 fully saturated rings. The third-order valence-electron chi connectivity index (χ3n) is 2.79. The molecule has 4 nitrogen and oxygen atoms in total. The lowest BCUT2D eigenvalue weighted by Crippen LogP contribution is -2.31. The Labute approximate surface area is 118 Å². The first kappa shape index (κ1) is 13.7. The molecule has 0 aliphatic heterocycles. The van der Waals surface area contributed by atoms with Crippen LogP contribution in [0.4, 0.5) is 5.82 Å². The molecule has 100 valence electrons. The number of hydrogen-bond donors (Lipinski definition) is 1. The summed E-state index contributed by atoms with van der Waals surface area (Å²) in [4.78, 5) is 13.9. The van der Waals surface area contributed by atoms with E-state index in [0.29, 0.717) is 24.5 Å². The van der Waals surface area contributed by atoms with E-state index in [1.807, 2.05) is 49.6 Å². The predicted octanol–water partition coefficient (Wildman–Crippen LogP) is 2.27. The normalized spacial score (nSPS) is 10.4. The Bertz CT molecular complexity index is 539. The highest BCUT2D eigenvalue weighted by Crippen LogP contribution is 2.16. The quantitative estimate of drug-likeness (QED) is 0.850. The lowest BCUT2D eigenvalue weighted by Gasteiger charge is -2.20. The Morgan fingerprint density at radius 3 is 2.63 bits per heavy atom. The second-order valence-electron chi connectivity index (χ2n) is 4.29. The number of anilines is 1. The number of aryl methyl sites for hydroxylation is 1. The number of carbonyl (C=O) groups excluding carboxylic acids is 1. The molecule has 1 amide bonds. The second-order valence-corrected chi connectivity index (χ2v) is 4.73. The van der Waals surface area contributed by atoms with E-state index >= 15 is 0 Å². The summed E-state index contributed by atoms with van der Waals surface area (Å²) < 4.78 is 1.70. The first-order valence-corrected chi connectivity index (χ1v) is 6.79. The summed E-state index contributed by atoms with van der Waals surface area (Å²) >= 11 is 4.13. The molecule has 0 saturated heterocycles. The zero-order valence-electron chi connectivity index (χ0n) is 10.9. The summed E-state index contributed by atoms with van der Waals surface area (Å²) in [5.74, 6) is 1.26. The van der Waals surface area contributed by atoms with Crippen molar-refractivity contribution in [3.8, 4) is 0 Å². The minimum absolute atomic E-state index is 0.0394. The Kier molecular flexibility index (Phi) is 4.63. The molecule has 1 aromatic heterocycles. The van der Waals surface area contributed by atoms with Crippen LogP contribution in [0.2, 0.25) is 0 Å². The summed E-state index contributed by atoms with van der Waals surface area (Å²) in [7, 11) is 1.84. The van der Waals surface area contributed by atoms with Crippen LogP contribution in [0.3, 0.4) is 0 Å². The van der Waals surface area contributed by atoms with E-state index < -0.39 is 0 Å². The molecule has 5 heteroatoms. The van der Waals surface area contributed by atoms with Crippen LogP contribution < -0.4 is 4.90 Å². The number of thiol groups is 1. The van der Waals surface area contributed by atoms with Gasteiger partial charge in [0.25, 0.3) is 0 Å². The number of hydrogen-bond acceptors (Lipinski definition) is 3. The van der Waals surface area contributed by atoms with Gasteiger partial charge in [0, 0.05) is 25.7 Å². The van der Waals surface area contributed by atoms with Gasteiger partial charge in [-0.25, -0.2) is 0 Å². The van der Waals surface area contributed by atoms with Crippen molar-refractivity contribution in [1.29, 1.82) is 0 Å². The number of amides is 1. The number of aromatic nitrogens is 2. The van der Waals surface area contributed by atoms with Crippen molar-refractivity contribution in [3.63, 3.8) is 0 Å². The highest BCUT2D eigenvalue weighted by atomic mass is 32.1. The van der Waals surface area contributed by atoms with Crippen LogP contribution in [0.25, 0.3) is 0 Å². The fourth-order valence-corrected chi connectivity index (χ4v) is 2.03. The van der Waals surface area contributed by atoms with Gasteiger partial charge in [-0.05, 0) is 11.3 Å². The van der Waals surface area contributed by atoms with Gasteiger partial charge in [0.15, 0.2) is 5.82 Å². The molecular formula is C14H17N3OS. The van der Waals surface area contributed by atoms with Gasteiger partial charge in [-0.2, -0.15) is 17.7 Å². The van der Waals surface area contributed by atoms with Gasteiger partial charge in [-0.15, -0.1) is 0 Å². The molecule has 1 aromatic carbocycles. The van der Waals surface area contributed by atoms with Crippen molar-refractivity contribution in [2.24, 2.45) is 7.05 Å². The monoisotopic (exact) mass is 275 g/mol. The van der Waals surface area contributed by atoms with Crippen LogP contribution in [0.15, 0.2) is 42.6 Å². The average molecular weight is 275 g/mol. The van der Waals surface area contributed by atoms with Crippen LogP contribution in [0, 0.1) is 0 Å². The van der Waals surface area contributed by atoms with Crippen LogP contribution in [-0.2, 0) is 18.4 Å². The van der Waals surface area contributed by atoms with E-state index in [0.717, 1.165) is 5.56 Å². The third kappa shape index (κ3) is 3.61. The van der Waals surface area contributed by atoms with Crippen molar-refractivity contribution in [1.82, 2.24) is 9.78 Å². The van der Waals surface area contributed by atoms with Gasteiger partial charge in [0.2, 0.25) is 5.91 Å². The smallest absolute Gasteiger partial charge is 0.229 e. The Hall–Kier alpha value is -1.75. The Morgan fingerprint density at radius 2 is 2.05 bits per heavy atom. The molecule has 0 radical (unpaired) electrons. The molecule has 0 atom stereocenters. The van der Waals surface area contributed by atoms with Gasteiger partial charge in [0.1, 0.15) is 0 Å². The van der Waals surface area contributed by atoms with Crippen molar-refractivity contribution >= 4 is 24.4 Å². The van der Waals surface area contributed by atoms with E-state index in [-0.39, 0.29) is 5.91 Å². The Balaban J connectivity index is 2.22. The van der Waals surface area contributed by atoms with E-state index in [9.17, 15) is 4.79 Å². The van der Waals surface area contributed by atoms with Crippen LogP contribution in [0.1, 0.15) is 12.0 Å². The fraction of sp³-hybridized carbons (Fsp3) is 0.286. The van der Waals surface area contributed by atoms with Crippen LogP contribution in [0.5, 0.6) is 0 Å². The van der Waals surface area contributed by atoms with E-state index in [4.69, 9.17) is 0 Å². The maximum Gasteiger partial charge on any atom is 0.229 e. The average Bonchev–Trinajstić information content (AvgIpc) is 2.84. The van der Waals surface area contributed by atoms with Crippen molar-refractivity contribution in [3.05, 3.63) is 48.2 Å². The first-order valence-electron chi connectivity index (χ1n) is 6.15. The number of nitrogens with zero attached hydrogens (tertiary/aromatic N) is 3. The molecule has 0 N–H and O–H groups in total. The molecule has 2 aromatic rings. The topological polar surface area (TPSA) is 38.1 Å². The third-order valence-corrected chi connectivity index (χ3v) is 3.01. The lowest BCUT2D eigenvalue weighted by molar-refractivity contribution is -0.118. The minimum atomic E-state index is 0.0394. The van der Waals surface area contributed by atoms with Gasteiger partial charge in [-0.3, -0.25) is 14.4 Å². The highest BCUT2D eigenvalue weighted by molar-refractivity contribution is 7.80. The van der Waals surface area contributed by atoms with Crippen molar-refractivity contribution < 1.29 is 4.79 Å². The second kappa shape index (κ2) is 6.43. The maximum absolute atomic E-state index is 12.2. The van der Waals surface area contributed by atoms with Crippen molar-refractivity contribution in [2.45, 2.75) is 13.0 Å². The zero-order valence-corrected chi connectivity index (χ0v) is 11.8. The summed E-state index contributed by atoms with van der Waals surface area (Å²) in [6.45, 7) is 0.532. The SMILES string of the molecule is Cn1ccc(N(Cc2ccccc2)C(=O)CCS)n1. The van der Waals surface area contributed by atoms with E-state index in [2.05, 4.69) is 17.7 Å². The Morgan fingerprint density at radius 1 is 1.32 bits per heavy atom. The summed E-state index contributed by atoms with van der Waals surface area (Å²) in [6, 6.07) is 11.8. The number of benzene rings is 1. The molecular weight excluding hydrogens is 258 g/mol. The largest absolute Gasteiger partial charge is 0.291 e. The number of rotatable bonds is 5. The molecule has 2 rings (SSSR count). The fourth-order valence-electron chi connectivity index (χ4n) is 1.84. The molecule has 0 spiro atoms. The summed E-state index contributed by atoms with van der Waals surface area (Å²) in [5, 5.41) is 4.31. The number of carbonyl (C=O) groups is 1. The summed E-state index contributed by atoms with van der Waals surface area (Å²) in [6.07, 6.45) is 2.24. The molecule has 0 unspecified atom stereocenters. The molecule has 0 aliphatic rings. The summed E-state index contributed by atoms with van der Waals surface area (Å²) in [5.41, 5.74) is 1.08. The first-order chi connectivity index (χ1) is 9.20. The van der Waals surface area contributed by atoms with E-state index in [1.54, 1.807) is 9.58 Å². The van der Waals surface area contributed by atoms with Gasteiger partial charge in [0.05, 0.1) is 6.54 Å². The van der Waals surface area contributed by atoms with Crippen molar-refractivity contribution in [2.75, 3.05) is 10.7 Å². The maximum atomic E-state index is 12.2. The molecule has 0 aliphatic carbocycles. The van der Waals surface area contributed by atoms with Crippen LogP contribution in [-0.4, -0.2) is 21.4 Å². The zero-order chi connectivity index (χ0) is 13.7. The molecule has 0 saturated carbocycles. The predicted molar refractivity (Wildman–Crippen MR) is 79.3 cm³/mol. The van der Waals surface area contributed by atoms with E-state index in [1.165, 1.54) is 0 Å². The lowest BCUT2D eigenvalue weighted by atomic mass is 10.2. The highest BCUT2D eigenvalue weighted by Gasteiger charge is 2.17. The van der Waals surface area contributed by atoms with Gasteiger partial charge < -0.3 is 0 Å². The molecule has 1 heterocycles. The van der Waals surface area contributed by atoms with Crippen LogP contribution >= 0.6 is 12.6 Å². The standard InChI is InChI=1S/C14H17N3OS/c1-16-9-7-13(15-16)17(14(18)8-10-19)11-12-5-3-2-4-6-12/h2-7,9,19H,8,10-11H2,1H3. The molecule has 19 heavy (non-hydrogen) atoms. The minimum Gasteiger partial charge on any atom is -0.291 e.